The second-order valence-corrected chi connectivity index (χ2v) is 5.63. The molecule has 0 aliphatic heterocycles. The van der Waals surface area contributed by atoms with Crippen LogP contribution in [0.25, 0.3) is 6.08 Å². The fourth-order valence-electron chi connectivity index (χ4n) is 1.88. The molecule has 2 aromatic rings. The Labute approximate surface area is 149 Å². The van der Waals surface area contributed by atoms with Gasteiger partial charge in [-0.15, -0.1) is 0 Å². The van der Waals surface area contributed by atoms with Gasteiger partial charge in [0.15, 0.2) is 0 Å². The number of carbonyl (C=O) groups is 1. The van der Waals surface area contributed by atoms with Gasteiger partial charge in [0.2, 0.25) is 0 Å². The molecule has 4 nitrogen and oxygen atoms in total. The van der Waals surface area contributed by atoms with Crippen molar-refractivity contribution in [2.75, 3.05) is 11.9 Å². The number of anilines is 1. The van der Waals surface area contributed by atoms with Gasteiger partial charge < -0.3 is 10.1 Å². The van der Waals surface area contributed by atoms with Crippen molar-refractivity contribution >= 4 is 33.6 Å². The Morgan fingerprint density at radius 2 is 1.96 bits per heavy atom. The monoisotopic (exact) mass is 382 g/mol. The summed E-state index contributed by atoms with van der Waals surface area (Å²) in [6.45, 7) is 4.01. The maximum absolute atomic E-state index is 12.3. The van der Waals surface area contributed by atoms with Crippen molar-refractivity contribution in [3.05, 3.63) is 76.8 Å². The van der Waals surface area contributed by atoms with E-state index in [2.05, 4.69) is 27.8 Å². The summed E-state index contributed by atoms with van der Waals surface area (Å²) in [7, 11) is 0. The second kappa shape index (κ2) is 8.70. The molecule has 2 rings (SSSR count). The zero-order valence-electron chi connectivity index (χ0n) is 12.8. The van der Waals surface area contributed by atoms with Crippen molar-refractivity contribution in [1.82, 2.24) is 0 Å². The van der Waals surface area contributed by atoms with E-state index in [1.54, 1.807) is 42.5 Å². The molecule has 0 unspecified atom stereocenters. The van der Waals surface area contributed by atoms with E-state index in [-0.39, 0.29) is 5.57 Å². The molecule has 0 heterocycles. The molecule has 0 spiro atoms. The van der Waals surface area contributed by atoms with E-state index in [0.717, 1.165) is 10.0 Å². The summed E-state index contributed by atoms with van der Waals surface area (Å²) >= 11 is 3.35. The molecule has 0 saturated heterocycles. The quantitative estimate of drug-likeness (QED) is 0.452. The molecule has 1 amide bonds. The molecular formula is C19H15BrN2O2. The molecule has 0 bridgehead atoms. The van der Waals surface area contributed by atoms with Crippen LogP contribution in [0.5, 0.6) is 5.75 Å². The standard InChI is InChI=1S/C19H15BrN2O2/c1-2-11-24-16-9-7-14(8-10-16)12-15(13-21)19(23)22-18-6-4-3-5-17(18)20/h2-10,12H,1,11H2,(H,22,23). The summed E-state index contributed by atoms with van der Waals surface area (Å²) in [6.07, 6.45) is 3.19. The Morgan fingerprint density at radius 1 is 1.25 bits per heavy atom. The Balaban J connectivity index is 2.13. The van der Waals surface area contributed by atoms with Crippen LogP contribution in [0, 0.1) is 11.3 Å². The number of ether oxygens (including phenoxy) is 1. The van der Waals surface area contributed by atoms with E-state index < -0.39 is 5.91 Å². The van der Waals surface area contributed by atoms with Gasteiger partial charge in [-0.3, -0.25) is 4.79 Å². The third kappa shape index (κ3) is 4.83. The molecule has 0 saturated carbocycles. The number of para-hydroxylation sites is 1. The third-order valence-electron chi connectivity index (χ3n) is 3.05. The molecule has 0 fully saturated rings. The van der Waals surface area contributed by atoms with Crippen LogP contribution in [0.4, 0.5) is 5.69 Å². The Morgan fingerprint density at radius 3 is 2.58 bits per heavy atom. The first kappa shape index (κ1) is 17.5. The van der Waals surface area contributed by atoms with Gasteiger partial charge in [-0.1, -0.05) is 36.9 Å². The van der Waals surface area contributed by atoms with E-state index in [0.29, 0.717) is 18.0 Å². The number of hydrogen-bond acceptors (Lipinski definition) is 3. The first-order valence-corrected chi connectivity index (χ1v) is 7.95. The average Bonchev–Trinajstić information content (AvgIpc) is 2.60. The normalized spacial score (nSPS) is 10.6. The lowest BCUT2D eigenvalue weighted by atomic mass is 10.1. The number of benzene rings is 2. The van der Waals surface area contributed by atoms with Crippen LogP contribution in [-0.2, 0) is 4.79 Å². The Kier molecular flexibility index (Phi) is 6.35. The number of nitrogens with zero attached hydrogens (tertiary/aromatic N) is 1. The van der Waals surface area contributed by atoms with Gasteiger partial charge in [-0.2, -0.15) is 5.26 Å². The minimum atomic E-state index is -0.462. The summed E-state index contributed by atoms with van der Waals surface area (Å²) in [5.74, 6) is 0.236. The van der Waals surface area contributed by atoms with Crippen LogP contribution >= 0.6 is 15.9 Å². The molecule has 24 heavy (non-hydrogen) atoms. The predicted octanol–water partition coefficient (Wildman–Crippen LogP) is 4.56. The van der Waals surface area contributed by atoms with Crippen molar-refractivity contribution in [2.24, 2.45) is 0 Å². The molecule has 1 N–H and O–H groups in total. The Bertz CT molecular complexity index is 805. The van der Waals surface area contributed by atoms with Gasteiger partial charge in [0, 0.05) is 4.47 Å². The summed E-state index contributed by atoms with van der Waals surface area (Å²) in [6, 6.07) is 16.2. The van der Waals surface area contributed by atoms with Crippen LogP contribution in [0.1, 0.15) is 5.56 Å². The van der Waals surface area contributed by atoms with Crippen LogP contribution in [-0.4, -0.2) is 12.5 Å². The molecule has 5 heteroatoms. The van der Waals surface area contributed by atoms with E-state index in [1.807, 2.05) is 18.2 Å². The first-order chi connectivity index (χ1) is 11.6. The van der Waals surface area contributed by atoms with Gasteiger partial charge in [-0.05, 0) is 51.8 Å². The van der Waals surface area contributed by atoms with Crippen LogP contribution in [0.15, 0.2) is 71.2 Å². The van der Waals surface area contributed by atoms with Gasteiger partial charge in [-0.25, -0.2) is 0 Å². The van der Waals surface area contributed by atoms with E-state index in [4.69, 9.17) is 4.74 Å². The highest BCUT2D eigenvalue weighted by Gasteiger charge is 2.11. The van der Waals surface area contributed by atoms with Crippen molar-refractivity contribution in [1.29, 1.82) is 5.26 Å². The molecule has 0 aliphatic carbocycles. The molecule has 0 aliphatic rings. The van der Waals surface area contributed by atoms with E-state index >= 15 is 0 Å². The summed E-state index contributed by atoms with van der Waals surface area (Å²) < 4.78 is 6.14. The smallest absolute Gasteiger partial charge is 0.266 e. The number of nitrogens with one attached hydrogen (secondary N) is 1. The first-order valence-electron chi connectivity index (χ1n) is 7.15. The highest BCUT2D eigenvalue weighted by molar-refractivity contribution is 9.10. The van der Waals surface area contributed by atoms with Gasteiger partial charge in [0.25, 0.3) is 5.91 Å². The lowest BCUT2D eigenvalue weighted by Gasteiger charge is -2.06. The molecular weight excluding hydrogens is 368 g/mol. The fourth-order valence-corrected chi connectivity index (χ4v) is 2.27. The fraction of sp³-hybridized carbons (Fsp3) is 0.0526. The number of nitriles is 1. The number of hydrogen-bond donors (Lipinski definition) is 1. The lowest BCUT2D eigenvalue weighted by Crippen LogP contribution is -2.13. The second-order valence-electron chi connectivity index (χ2n) is 4.77. The highest BCUT2D eigenvalue weighted by Crippen LogP contribution is 2.22. The molecule has 0 radical (unpaired) electrons. The minimum Gasteiger partial charge on any atom is -0.490 e. The number of carbonyl (C=O) groups excluding carboxylic acids is 1. The molecule has 0 aromatic heterocycles. The number of rotatable bonds is 6. The maximum atomic E-state index is 12.3. The van der Waals surface area contributed by atoms with Gasteiger partial charge in [0.05, 0.1) is 5.69 Å². The number of amides is 1. The van der Waals surface area contributed by atoms with Crippen molar-refractivity contribution in [2.45, 2.75) is 0 Å². The van der Waals surface area contributed by atoms with Gasteiger partial charge in [0.1, 0.15) is 24.0 Å². The van der Waals surface area contributed by atoms with Crippen LogP contribution < -0.4 is 10.1 Å². The highest BCUT2D eigenvalue weighted by atomic mass is 79.9. The maximum Gasteiger partial charge on any atom is 0.266 e. The lowest BCUT2D eigenvalue weighted by molar-refractivity contribution is -0.112. The minimum absolute atomic E-state index is 0.0190. The third-order valence-corrected chi connectivity index (χ3v) is 3.74. The summed E-state index contributed by atoms with van der Waals surface area (Å²) in [4.78, 5) is 12.3. The predicted molar refractivity (Wildman–Crippen MR) is 98.5 cm³/mol. The average molecular weight is 383 g/mol. The Hall–Kier alpha value is -2.84. The van der Waals surface area contributed by atoms with Crippen LogP contribution in [0.3, 0.4) is 0 Å². The molecule has 2 aromatic carbocycles. The van der Waals surface area contributed by atoms with E-state index in [9.17, 15) is 10.1 Å². The molecule has 120 valence electrons. The summed E-state index contributed by atoms with van der Waals surface area (Å²) in [5.41, 5.74) is 1.36. The summed E-state index contributed by atoms with van der Waals surface area (Å²) in [5, 5.41) is 12.0. The van der Waals surface area contributed by atoms with Crippen molar-refractivity contribution in [3.63, 3.8) is 0 Å². The van der Waals surface area contributed by atoms with Crippen LogP contribution in [0.2, 0.25) is 0 Å². The molecule has 0 atom stereocenters. The zero-order chi connectivity index (χ0) is 17.4. The largest absolute Gasteiger partial charge is 0.490 e. The number of halogens is 1. The zero-order valence-corrected chi connectivity index (χ0v) is 14.4. The van der Waals surface area contributed by atoms with Crippen molar-refractivity contribution < 1.29 is 9.53 Å². The topological polar surface area (TPSA) is 62.1 Å². The van der Waals surface area contributed by atoms with Crippen molar-refractivity contribution in [3.8, 4) is 11.8 Å². The van der Waals surface area contributed by atoms with Gasteiger partial charge >= 0.3 is 0 Å². The SMILES string of the molecule is C=CCOc1ccc(C=C(C#N)C(=O)Nc2ccccc2Br)cc1. The van der Waals surface area contributed by atoms with E-state index in [1.165, 1.54) is 6.08 Å².